The van der Waals surface area contributed by atoms with Gasteiger partial charge in [0.2, 0.25) is 0 Å². The molecule has 1 aromatic rings. The van der Waals surface area contributed by atoms with Gasteiger partial charge in [0.1, 0.15) is 0 Å². The minimum Gasteiger partial charge on any atom is -0.332 e. The highest BCUT2D eigenvalue weighted by molar-refractivity contribution is 5.77. The molecule has 0 bridgehead atoms. The number of aromatic nitrogens is 1. The number of hydrogen-bond acceptors (Lipinski definition) is 15. The van der Waals surface area contributed by atoms with Crippen LogP contribution in [0.15, 0.2) is 24.4 Å². The first-order valence-corrected chi connectivity index (χ1v) is 43.2. The quantitative estimate of drug-likeness (QED) is 0.166. The van der Waals surface area contributed by atoms with Gasteiger partial charge in [0.05, 0.1) is 26.5 Å². The smallest absolute Gasteiger partial charge is 0.332 e. The fourth-order valence-corrected chi connectivity index (χ4v) is 20.1. The second-order valence-electron chi connectivity index (χ2n) is 35.0. The monoisotopic (exact) mass is 1540 g/mol. The van der Waals surface area contributed by atoms with Crippen LogP contribution in [0.25, 0.3) is 0 Å². The Morgan fingerprint density at radius 1 is 0.382 bits per heavy atom. The van der Waals surface area contributed by atoms with Crippen molar-refractivity contribution < 1.29 is 38.4 Å². The maximum Gasteiger partial charge on any atom is 0.341 e. The second kappa shape index (κ2) is 46.1. The molecule has 12 aliphatic rings. The molecule has 12 amide bonds. The summed E-state index contributed by atoms with van der Waals surface area (Å²) in [5, 5.41) is 3.03. The van der Waals surface area contributed by atoms with E-state index in [1.807, 2.05) is 61.1 Å². The van der Waals surface area contributed by atoms with Crippen LogP contribution < -0.4 is 16.3 Å². The van der Waals surface area contributed by atoms with Crippen molar-refractivity contribution in [3.63, 3.8) is 0 Å². The van der Waals surface area contributed by atoms with Gasteiger partial charge in [-0.1, -0.05) is 6.07 Å². The Balaban J connectivity index is 0.000000166. The number of amides is 12. The van der Waals surface area contributed by atoms with Crippen molar-refractivity contribution in [2.75, 3.05) is 209 Å². The zero-order chi connectivity index (χ0) is 79.4. The Hall–Kier alpha value is -5.55. The minimum atomic E-state index is -0.0751. The zero-order valence-corrected chi connectivity index (χ0v) is 71.3. The van der Waals surface area contributed by atoms with Gasteiger partial charge in [-0.25, -0.2) is 39.7 Å². The predicted molar refractivity (Wildman–Crippen MR) is 438 cm³/mol. The molecule has 0 spiro atoms. The van der Waals surface area contributed by atoms with Crippen LogP contribution in [0.1, 0.15) is 181 Å². The fourth-order valence-electron chi connectivity index (χ4n) is 20.1. The molecule has 0 saturated carbocycles. The lowest BCUT2D eigenvalue weighted by Crippen LogP contribution is -2.51. The van der Waals surface area contributed by atoms with E-state index >= 15 is 0 Å². The highest BCUT2D eigenvalue weighted by atomic mass is 16.6. The summed E-state index contributed by atoms with van der Waals surface area (Å²) in [5.74, 6) is 4.14. The van der Waals surface area contributed by atoms with E-state index in [9.17, 15) is 28.8 Å². The van der Waals surface area contributed by atoms with Crippen molar-refractivity contribution in [2.24, 2.45) is 35.5 Å². The second-order valence-corrected chi connectivity index (χ2v) is 35.0. The number of hydroxylamine groups is 2. The van der Waals surface area contributed by atoms with E-state index < -0.39 is 0 Å². The van der Waals surface area contributed by atoms with Gasteiger partial charge in [0.15, 0.2) is 0 Å². The normalized spacial score (nSPS) is 26.3. The number of rotatable bonds is 12. The van der Waals surface area contributed by atoms with Gasteiger partial charge < -0.3 is 78.8 Å². The van der Waals surface area contributed by atoms with E-state index in [1.165, 1.54) is 169 Å². The average Bonchev–Trinajstić information content (AvgIpc) is 1.66. The van der Waals surface area contributed by atoms with Gasteiger partial charge in [-0.3, -0.25) is 14.7 Å². The Bertz CT molecular complexity index is 2730. The number of carbonyl (C=O) groups excluding carboxylic acids is 6. The van der Waals surface area contributed by atoms with E-state index in [1.54, 1.807) is 16.0 Å². The molecule has 0 radical (unpaired) electrons. The van der Waals surface area contributed by atoms with E-state index in [0.717, 1.165) is 141 Å². The number of nitrogens with zero attached hydrogens (tertiary/aromatic N) is 16. The first-order chi connectivity index (χ1) is 52.9. The van der Waals surface area contributed by atoms with Crippen molar-refractivity contribution in [3.8, 4) is 0 Å². The van der Waals surface area contributed by atoms with Gasteiger partial charge >= 0.3 is 36.2 Å². The van der Waals surface area contributed by atoms with Gasteiger partial charge in [0.25, 0.3) is 0 Å². The molecule has 27 heteroatoms. The standard InChI is InChI=1S/C17H26N4O.C16H31N3O.2C13H25N3O.2C12H23N3O2/c1-20-11-7-14(8-12-20)16-6-4-10-21(16)17(22)19-13-15-5-2-3-9-18-15;1-5-18(13(2)3)16(20)19-10-6-7-15(19)14-8-11-17(4)12-9-14;2*1-14(2)13(17)16-8-4-5-12(16)11-6-9-15(3)10-7-11;2*1-14-8-5-10(6-9-14)11-4-3-7-15(11)12(16)13-17-2/h2-3,5,9,14,16H,4,6-8,10-13H2,1H3,(H,19,22);13-15H,5-12H2,1-4H3;2*11-12H,4-10H2,1-3H3;2*10-11H,3-9H2,1-2H3,(H,13,16)/t16-;15-;12-;;11-;/m000.0./s1. The summed E-state index contributed by atoms with van der Waals surface area (Å²) in [6.07, 6.45) is 30.5. The number of pyridine rings is 1. The molecule has 110 heavy (non-hydrogen) atoms. The van der Waals surface area contributed by atoms with Crippen molar-refractivity contribution in [3.05, 3.63) is 30.1 Å². The van der Waals surface area contributed by atoms with Crippen LogP contribution in [0, 0.1) is 35.5 Å². The lowest BCUT2D eigenvalue weighted by Gasteiger charge is -2.39. The van der Waals surface area contributed by atoms with Gasteiger partial charge in [-0.05, 0) is 343 Å². The molecule has 12 aliphatic heterocycles. The van der Waals surface area contributed by atoms with Crippen LogP contribution in [0.3, 0.4) is 0 Å². The number of likely N-dealkylation sites (tertiary alicyclic amines) is 12. The molecule has 0 aromatic carbocycles. The predicted octanol–water partition coefficient (Wildman–Crippen LogP) is 9.82. The summed E-state index contributed by atoms with van der Waals surface area (Å²) in [7, 11) is 23.5. The van der Waals surface area contributed by atoms with E-state index in [-0.39, 0.29) is 36.2 Å². The van der Waals surface area contributed by atoms with Gasteiger partial charge in [-0.2, -0.15) is 0 Å². The van der Waals surface area contributed by atoms with E-state index in [4.69, 9.17) is 9.68 Å². The molecule has 13 rings (SSSR count). The molecule has 6 atom stereocenters. The van der Waals surface area contributed by atoms with Crippen LogP contribution in [0.4, 0.5) is 28.8 Å². The summed E-state index contributed by atoms with van der Waals surface area (Å²) in [6, 6.07) is 9.42. The van der Waals surface area contributed by atoms with Crippen LogP contribution >= 0.6 is 0 Å². The largest absolute Gasteiger partial charge is 0.341 e. The van der Waals surface area contributed by atoms with Crippen LogP contribution in [0.2, 0.25) is 0 Å². The van der Waals surface area contributed by atoms with Crippen LogP contribution in [0.5, 0.6) is 0 Å². The summed E-state index contributed by atoms with van der Waals surface area (Å²) in [4.78, 5) is 119. The van der Waals surface area contributed by atoms with Gasteiger partial charge in [0, 0.05) is 122 Å². The zero-order valence-electron chi connectivity index (χ0n) is 71.3. The lowest BCUT2D eigenvalue weighted by atomic mass is 9.88. The summed E-state index contributed by atoms with van der Waals surface area (Å²) >= 11 is 0. The van der Waals surface area contributed by atoms with Crippen molar-refractivity contribution in [1.29, 1.82) is 0 Å². The van der Waals surface area contributed by atoms with Gasteiger partial charge in [-0.15, -0.1) is 0 Å². The summed E-state index contributed by atoms with van der Waals surface area (Å²) in [5.41, 5.74) is 5.79. The number of nitrogens with one attached hydrogen (secondary N) is 3. The third kappa shape index (κ3) is 26.5. The fraction of sp³-hybridized carbons (Fsp3) is 0.867. The highest BCUT2D eigenvalue weighted by Crippen LogP contribution is 2.37. The first kappa shape index (κ1) is 90.0. The van der Waals surface area contributed by atoms with Crippen molar-refractivity contribution in [2.45, 2.75) is 224 Å². The van der Waals surface area contributed by atoms with Crippen molar-refractivity contribution in [1.82, 2.24) is 94.8 Å². The third-order valence-corrected chi connectivity index (χ3v) is 26.7. The molecule has 13 heterocycles. The third-order valence-electron chi connectivity index (χ3n) is 26.7. The molecule has 27 nitrogen and oxygen atoms in total. The minimum absolute atomic E-state index is 0.0751. The lowest BCUT2D eigenvalue weighted by molar-refractivity contribution is 0.0719. The number of urea groups is 6. The summed E-state index contributed by atoms with van der Waals surface area (Å²) < 4.78 is 0. The average molecular weight is 1550 g/mol. The number of piperidine rings is 6. The first-order valence-electron chi connectivity index (χ1n) is 43.2. The molecule has 1 aromatic heterocycles. The molecular weight excluding hydrogens is 1390 g/mol. The molecule has 12 saturated heterocycles. The topological polar surface area (TPSA) is 218 Å². The molecular formula is C83H153N19O8. The number of carbonyl (C=O) groups is 6. The molecule has 3 N–H and O–H groups in total. The van der Waals surface area contributed by atoms with Crippen LogP contribution in [-0.4, -0.2) is 366 Å². The Labute approximate surface area is 664 Å². The van der Waals surface area contributed by atoms with E-state index in [0.29, 0.717) is 72.5 Å². The Morgan fingerprint density at radius 3 is 0.873 bits per heavy atom. The molecule has 628 valence electrons. The molecule has 12 fully saturated rings. The SMILES string of the molecule is CCN(C(=O)N1CCC[C@H]1C1CCN(C)CC1)C(C)C.CN1CCC(C2CCCN2C(=O)N(C)C)CC1.CN1CCC([C@@H]2CCCN2C(=O)N(C)C)CC1.CN1CCC([C@@H]2CCCN2C(=O)NCc2ccccn2)CC1.CONC(=O)N1CCCC1C1CCN(C)CC1.CONC(=O)N1CCC[C@H]1C1CCN(C)CC1. The Kier molecular flexibility index (Phi) is 37.7. The Morgan fingerprint density at radius 2 is 0.636 bits per heavy atom. The number of hydrogen-bond donors (Lipinski definition) is 3. The van der Waals surface area contributed by atoms with Crippen LogP contribution in [-0.2, 0) is 16.2 Å². The maximum absolute atomic E-state index is 12.8. The maximum atomic E-state index is 12.8. The highest BCUT2D eigenvalue weighted by Gasteiger charge is 2.43. The molecule has 0 aliphatic carbocycles. The van der Waals surface area contributed by atoms with Crippen molar-refractivity contribution >= 4 is 36.2 Å². The van der Waals surface area contributed by atoms with E-state index in [2.05, 4.69) is 133 Å². The molecule has 2 unspecified atom stereocenters. The summed E-state index contributed by atoms with van der Waals surface area (Å²) in [6.45, 7) is 27.2.